The largest absolute Gasteiger partial charge is 0.481 e. The van der Waals surface area contributed by atoms with Crippen molar-refractivity contribution in [1.82, 2.24) is 5.32 Å². The molecule has 3 nitrogen and oxygen atoms in total. The minimum Gasteiger partial charge on any atom is -0.481 e. The van der Waals surface area contributed by atoms with Gasteiger partial charge in [-0.3, -0.25) is 4.79 Å². The third kappa shape index (κ3) is 2.12. The number of carbonyl (C=O) groups is 1. The molecule has 1 fully saturated rings. The number of rotatable bonds is 2. The van der Waals surface area contributed by atoms with Crippen LogP contribution >= 0.6 is 0 Å². The Balaban J connectivity index is 2.37. The first kappa shape index (κ1) is 11.9. The molecule has 2 rings (SSSR count). The van der Waals surface area contributed by atoms with Crippen LogP contribution in [0.2, 0.25) is 0 Å². The summed E-state index contributed by atoms with van der Waals surface area (Å²) in [5.74, 6) is -6.46. The number of hydrogen-bond acceptors (Lipinski definition) is 2. The molecule has 92 valence electrons. The van der Waals surface area contributed by atoms with Gasteiger partial charge in [-0.05, 0) is 17.7 Å². The number of carboxylic acids is 1. The van der Waals surface area contributed by atoms with Gasteiger partial charge in [-0.25, -0.2) is 13.2 Å². The number of hydrogen-bond donors (Lipinski definition) is 2. The molecule has 0 amide bonds. The second-order valence-corrected chi connectivity index (χ2v) is 4.01. The molecule has 1 aromatic rings. The normalized spacial score (nSPS) is 23.9. The highest BCUT2D eigenvalue weighted by Gasteiger charge is 2.34. The summed E-state index contributed by atoms with van der Waals surface area (Å²) in [5, 5.41) is 11.8. The Labute approximate surface area is 95.3 Å². The van der Waals surface area contributed by atoms with Gasteiger partial charge in [0.1, 0.15) is 0 Å². The first-order valence-electron chi connectivity index (χ1n) is 5.08. The van der Waals surface area contributed by atoms with E-state index in [0.29, 0.717) is 6.54 Å². The van der Waals surface area contributed by atoms with Crippen LogP contribution in [-0.4, -0.2) is 24.2 Å². The quantitative estimate of drug-likeness (QED) is 0.776. The molecular weight excluding hydrogens is 235 g/mol. The third-order valence-electron chi connectivity index (χ3n) is 2.97. The molecule has 1 aliphatic rings. The minimum absolute atomic E-state index is 0.166. The molecule has 1 aromatic carbocycles. The van der Waals surface area contributed by atoms with E-state index in [9.17, 15) is 18.0 Å². The second-order valence-electron chi connectivity index (χ2n) is 4.01. The highest BCUT2D eigenvalue weighted by atomic mass is 19.2. The number of benzene rings is 1. The van der Waals surface area contributed by atoms with Crippen LogP contribution in [-0.2, 0) is 4.79 Å². The van der Waals surface area contributed by atoms with Crippen molar-refractivity contribution in [3.05, 3.63) is 35.1 Å². The number of nitrogens with one attached hydrogen (secondary N) is 1. The van der Waals surface area contributed by atoms with Crippen molar-refractivity contribution in [2.45, 2.75) is 5.92 Å². The van der Waals surface area contributed by atoms with E-state index in [1.165, 1.54) is 0 Å². The standard InChI is InChI=1S/C11H10F3NO2/c12-8-1-5(2-9(13)10(8)14)6-3-15-4-7(6)11(16)17/h1-2,6-7,15H,3-4H2,(H,16,17). The lowest BCUT2D eigenvalue weighted by molar-refractivity contribution is -0.141. The molecule has 0 radical (unpaired) electrons. The molecular formula is C11H10F3NO2. The van der Waals surface area contributed by atoms with E-state index < -0.39 is 35.3 Å². The molecule has 0 saturated carbocycles. The highest BCUT2D eigenvalue weighted by molar-refractivity contribution is 5.72. The Hall–Kier alpha value is -1.56. The van der Waals surface area contributed by atoms with E-state index in [1.54, 1.807) is 0 Å². The van der Waals surface area contributed by atoms with E-state index >= 15 is 0 Å². The van der Waals surface area contributed by atoms with Crippen LogP contribution in [0.5, 0.6) is 0 Å². The first-order chi connectivity index (χ1) is 8.00. The molecule has 0 aromatic heterocycles. The molecule has 1 saturated heterocycles. The average Bonchev–Trinajstić information content (AvgIpc) is 2.74. The summed E-state index contributed by atoms with van der Waals surface area (Å²) in [7, 11) is 0. The van der Waals surface area contributed by atoms with Crippen LogP contribution in [0.4, 0.5) is 13.2 Å². The molecule has 2 atom stereocenters. The van der Waals surface area contributed by atoms with Crippen molar-refractivity contribution >= 4 is 5.97 Å². The van der Waals surface area contributed by atoms with E-state index in [0.717, 1.165) is 12.1 Å². The number of carboxylic acid groups (broad SMARTS) is 1. The zero-order valence-corrected chi connectivity index (χ0v) is 8.71. The van der Waals surface area contributed by atoms with Gasteiger partial charge in [-0.1, -0.05) is 0 Å². The lowest BCUT2D eigenvalue weighted by atomic mass is 9.89. The van der Waals surface area contributed by atoms with Gasteiger partial charge in [0.2, 0.25) is 0 Å². The SMILES string of the molecule is O=C(O)C1CNCC1c1cc(F)c(F)c(F)c1. The van der Waals surface area contributed by atoms with Gasteiger partial charge in [-0.2, -0.15) is 0 Å². The Morgan fingerprint density at radius 1 is 1.24 bits per heavy atom. The van der Waals surface area contributed by atoms with Crippen molar-refractivity contribution in [3.8, 4) is 0 Å². The van der Waals surface area contributed by atoms with Gasteiger partial charge in [0.05, 0.1) is 5.92 Å². The Morgan fingerprint density at radius 2 is 1.82 bits per heavy atom. The summed E-state index contributed by atoms with van der Waals surface area (Å²) in [6.45, 7) is 0.544. The van der Waals surface area contributed by atoms with Crippen LogP contribution in [0.15, 0.2) is 12.1 Å². The van der Waals surface area contributed by atoms with Crippen LogP contribution in [0.1, 0.15) is 11.5 Å². The molecule has 0 aliphatic carbocycles. The molecule has 1 aliphatic heterocycles. The predicted octanol–water partition coefficient (Wildman–Crippen LogP) is 1.49. The predicted molar refractivity (Wildman–Crippen MR) is 53.1 cm³/mol. The first-order valence-corrected chi connectivity index (χ1v) is 5.08. The summed E-state index contributed by atoms with van der Waals surface area (Å²) < 4.78 is 38.8. The van der Waals surface area contributed by atoms with Gasteiger partial charge >= 0.3 is 5.97 Å². The van der Waals surface area contributed by atoms with Crippen molar-refractivity contribution in [3.63, 3.8) is 0 Å². The molecule has 6 heteroatoms. The summed E-state index contributed by atoms with van der Waals surface area (Å²) in [4.78, 5) is 10.9. The zero-order valence-electron chi connectivity index (χ0n) is 8.71. The second kappa shape index (κ2) is 4.37. The maximum absolute atomic E-state index is 13.0. The van der Waals surface area contributed by atoms with Crippen LogP contribution in [0.25, 0.3) is 0 Å². The van der Waals surface area contributed by atoms with Crippen molar-refractivity contribution in [2.24, 2.45) is 5.92 Å². The lowest BCUT2D eigenvalue weighted by Gasteiger charge is -2.15. The van der Waals surface area contributed by atoms with Crippen LogP contribution in [0.3, 0.4) is 0 Å². The maximum Gasteiger partial charge on any atom is 0.308 e. The Morgan fingerprint density at radius 3 is 2.35 bits per heavy atom. The fraction of sp³-hybridized carbons (Fsp3) is 0.364. The van der Waals surface area contributed by atoms with Crippen molar-refractivity contribution in [2.75, 3.05) is 13.1 Å². The van der Waals surface area contributed by atoms with Crippen molar-refractivity contribution < 1.29 is 23.1 Å². The Kier molecular flexibility index (Phi) is 3.06. The zero-order chi connectivity index (χ0) is 12.6. The van der Waals surface area contributed by atoms with E-state index in [-0.39, 0.29) is 12.1 Å². The third-order valence-corrected chi connectivity index (χ3v) is 2.97. The maximum atomic E-state index is 13.0. The summed E-state index contributed by atoms with van der Waals surface area (Å²) in [6, 6.07) is 1.71. The van der Waals surface area contributed by atoms with E-state index in [4.69, 9.17) is 5.11 Å². The molecule has 17 heavy (non-hydrogen) atoms. The molecule has 2 N–H and O–H groups in total. The van der Waals surface area contributed by atoms with Crippen molar-refractivity contribution in [1.29, 1.82) is 0 Å². The van der Waals surface area contributed by atoms with E-state index in [1.807, 2.05) is 0 Å². The average molecular weight is 245 g/mol. The van der Waals surface area contributed by atoms with E-state index in [2.05, 4.69) is 5.32 Å². The number of aliphatic carboxylic acids is 1. The van der Waals surface area contributed by atoms with Gasteiger partial charge < -0.3 is 10.4 Å². The van der Waals surface area contributed by atoms with Gasteiger partial charge in [0.15, 0.2) is 17.5 Å². The van der Waals surface area contributed by atoms with Crippen LogP contribution < -0.4 is 5.32 Å². The Bertz CT molecular complexity index is 441. The van der Waals surface area contributed by atoms with Gasteiger partial charge in [-0.15, -0.1) is 0 Å². The summed E-state index contributed by atoms with van der Waals surface area (Å²) in [5.41, 5.74) is 0.166. The smallest absolute Gasteiger partial charge is 0.308 e. The molecule has 2 unspecified atom stereocenters. The summed E-state index contributed by atoms with van der Waals surface area (Å²) in [6.07, 6.45) is 0. The molecule has 0 spiro atoms. The topological polar surface area (TPSA) is 49.3 Å². The van der Waals surface area contributed by atoms with Gasteiger partial charge in [0.25, 0.3) is 0 Å². The lowest BCUT2D eigenvalue weighted by Crippen LogP contribution is -2.21. The highest BCUT2D eigenvalue weighted by Crippen LogP contribution is 2.30. The van der Waals surface area contributed by atoms with Gasteiger partial charge in [0, 0.05) is 19.0 Å². The fourth-order valence-electron chi connectivity index (χ4n) is 2.08. The monoisotopic (exact) mass is 245 g/mol. The molecule has 1 heterocycles. The minimum atomic E-state index is -1.54. The van der Waals surface area contributed by atoms with Crippen LogP contribution in [0, 0.1) is 23.4 Å². The molecule has 0 bridgehead atoms. The summed E-state index contributed by atoms with van der Waals surface area (Å²) >= 11 is 0. The fourth-order valence-corrected chi connectivity index (χ4v) is 2.08. The number of halogens is 3.